The highest BCUT2D eigenvalue weighted by atomic mass is 16.2. The van der Waals surface area contributed by atoms with Crippen molar-refractivity contribution >= 4 is 27.8 Å². The molecule has 130 valence electrons. The van der Waals surface area contributed by atoms with Crippen LogP contribution in [-0.4, -0.2) is 31.9 Å². The summed E-state index contributed by atoms with van der Waals surface area (Å²) >= 11 is 0. The molecule has 0 bridgehead atoms. The van der Waals surface area contributed by atoms with Crippen LogP contribution in [0.15, 0.2) is 54.7 Å². The molecule has 0 radical (unpaired) electrons. The van der Waals surface area contributed by atoms with Crippen molar-refractivity contribution in [3.05, 3.63) is 66.1 Å². The normalized spacial score (nSPS) is 17.4. The largest absolute Gasteiger partial charge is 0.350 e. The van der Waals surface area contributed by atoms with Crippen LogP contribution >= 0.6 is 0 Å². The molecule has 1 aliphatic rings. The lowest BCUT2D eigenvalue weighted by molar-refractivity contribution is 0.0732. The zero-order valence-electron chi connectivity index (χ0n) is 14.6. The van der Waals surface area contributed by atoms with E-state index < -0.39 is 0 Å². The molecular formula is C21H20N4O. The standard InChI is InChI=1S/C21H20N4O/c1-24-13-15(14-7-2-5-10-18(14)24)21(26)25-12-6-11-19(25)20-22-16-8-3-4-9-17(16)23-20/h2-5,7-10,13,19H,6,11-12H2,1H3,(H,22,23)/t19-/m1/s1. The van der Waals surface area contributed by atoms with Crippen LogP contribution in [0.5, 0.6) is 0 Å². The van der Waals surface area contributed by atoms with Crippen LogP contribution in [0.25, 0.3) is 21.9 Å². The number of aromatic amines is 1. The number of H-pyrrole nitrogens is 1. The number of hydrogen-bond acceptors (Lipinski definition) is 2. The van der Waals surface area contributed by atoms with Gasteiger partial charge in [-0.1, -0.05) is 30.3 Å². The Balaban J connectivity index is 1.54. The molecule has 2 aromatic carbocycles. The second kappa shape index (κ2) is 5.73. The van der Waals surface area contributed by atoms with Gasteiger partial charge in [-0.15, -0.1) is 0 Å². The molecule has 3 heterocycles. The van der Waals surface area contributed by atoms with E-state index in [-0.39, 0.29) is 11.9 Å². The van der Waals surface area contributed by atoms with Crippen molar-refractivity contribution in [2.24, 2.45) is 7.05 Å². The first-order valence-corrected chi connectivity index (χ1v) is 9.02. The maximum absolute atomic E-state index is 13.3. The summed E-state index contributed by atoms with van der Waals surface area (Å²) in [6.07, 6.45) is 3.88. The van der Waals surface area contributed by atoms with Gasteiger partial charge in [0.1, 0.15) is 5.82 Å². The van der Waals surface area contributed by atoms with Gasteiger partial charge in [0, 0.05) is 30.7 Å². The van der Waals surface area contributed by atoms with Crippen LogP contribution in [0.3, 0.4) is 0 Å². The molecule has 1 fully saturated rings. The number of aromatic nitrogens is 3. The minimum atomic E-state index is 0.00821. The number of nitrogens with zero attached hydrogens (tertiary/aromatic N) is 3. The maximum atomic E-state index is 13.3. The molecule has 1 aliphatic heterocycles. The number of carbonyl (C=O) groups is 1. The fourth-order valence-electron chi connectivity index (χ4n) is 4.09. The van der Waals surface area contributed by atoms with Crippen LogP contribution in [-0.2, 0) is 7.05 Å². The molecule has 1 N–H and O–H groups in total. The second-order valence-electron chi connectivity index (χ2n) is 6.97. The summed E-state index contributed by atoms with van der Waals surface area (Å²) in [7, 11) is 1.99. The fourth-order valence-corrected chi connectivity index (χ4v) is 4.09. The Hall–Kier alpha value is -3.08. The summed E-state index contributed by atoms with van der Waals surface area (Å²) in [5, 5.41) is 1.01. The Morgan fingerprint density at radius 1 is 1.15 bits per heavy atom. The summed E-state index contributed by atoms with van der Waals surface area (Å²) in [6, 6.07) is 16.1. The molecule has 2 aromatic heterocycles. The second-order valence-corrected chi connectivity index (χ2v) is 6.97. The molecule has 1 saturated heterocycles. The van der Waals surface area contributed by atoms with E-state index in [0.717, 1.165) is 52.7 Å². The summed E-state index contributed by atoms with van der Waals surface area (Å²) in [6.45, 7) is 0.768. The summed E-state index contributed by atoms with van der Waals surface area (Å²) in [4.78, 5) is 23.5. The van der Waals surface area contributed by atoms with Gasteiger partial charge >= 0.3 is 0 Å². The smallest absolute Gasteiger partial charge is 0.256 e. The predicted molar refractivity (Wildman–Crippen MR) is 102 cm³/mol. The van der Waals surface area contributed by atoms with Crippen LogP contribution in [0.1, 0.15) is 35.1 Å². The molecule has 1 atom stereocenters. The van der Waals surface area contributed by atoms with Gasteiger partial charge in [-0.3, -0.25) is 4.79 Å². The highest BCUT2D eigenvalue weighted by Crippen LogP contribution is 2.34. The van der Waals surface area contributed by atoms with Crippen molar-refractivity contribution in [1.29, 1.82) is 0 Å². The average molecular weight is 344 g/mol. The molecule has 1 amide bonds. The molecule has 0 saturated carbocycles. The monoisotopic (exact) mass is 344 g/mol. The number of likely N-dealkylation sites (tertiary alicyclic amines) is 1. The molecule has 5 nitrogen and oxygen atoms in total. The Morgan fingerprint density at radius 3 is 2.85 bits per heavy atom. The first-order valence-electron chi connectivity index (χ1n) is 9.02. The van der Waals surface area contributed by atoms with Gasteiger partial charge in [0.15, 0.2) is 0 Å². The number of imidazole rings is 1. The minimum Gasteiger partial charge on any atom is -0.350 e. The third-order valence-electron chi connectivity index (χ3n) is 5.36. The molecule has 5 rings (SSSR count). The van der Waals surface area contributed by atoms with Gasteiger partial charge in [0.05, 0.1) is 22.6 Å². The van der Waals surface area contributed by atoms with Crippen molar-refractivity contribution in [3.8, 4) is 0 Å². The van der Waals surface area contributed by atoms with Crippen molar-refractivity contribution in [3.63, 3.8) is 0 Å². The molecule has 26 heavy (non-hydrogen) atoms. The number of hydrogen-bond donors (Lipinski definition) is 1. The summed E-state index contributed by atoms with van der Waals surface area (Å²) in [5.41, 5.74) is 3.82. The quantitative estimate of drug-likeness (QED) is 0.597. The number of benzene rings is 2. The maximum Gasteiger partial charge on any atom is 0.256 e. The number of rotatable bonds is 2. The molecular weight excluding hydrogens is 324 g/mol. The fraction of sp³-hybridized carbons (Fsp3) is 0.238. The van der Waals surface area contributed by atoms with E-state index >= 15 is 0 Å². The van der Waals surface area contributed by atoms with Crippen LogP contribution in [0.2, 0.25) is 0 Å². The van der Waals surface area contributed by atoms with E-state index in [1.54, 1.807) is 0 Å². The van der Waals surface area contributed by atoms with Gasteiger partial charge in [-0.25, -0.2) is 4.98 Å². The third kappa shape index (κ3) is 2.24. The number of fused-ring (bicyclic) bond motifs is 2. The van der Waals surface area contributed by atoms with E-state index in [1.165, 1.54) is 0 Å². The SMILES string of the molecule is Cn1cc(C(=O)N2CCC[C@@H]2c2nc3ccccc3[nH]2)c2ccccc21. The van der Waals surface area contributed by atoms with Gasteiger partial charge in [-0.05, 0) is 31.0 Å². The Morgan fingerprint density at radius 2 is 1.96 bits per heavy atom. The molecule has 4 aromatic rings. The first-order chi connectivity index (χ1) is 12.7. The van der Waals surface area contributed by atoms with E-state index in [1.807, 2.05) is 71.2 Å². The number of aryl methyl sites for hydroxylation is 1. The third-order valence-corrected chi connectivity index (χ3v) is 5.36. The molecule has 0 aliphatic carbocycles. The van der Waals surface area contributed by atoms with Crippen molar-refractivity contribution < 1.29 is 4.79 Å². The zero-order valence-corrected chi connectivity index (χ0v) is 14.6. The van der Waals surface area contributed by atoms with Crippen LogP contribution in [0.4, 0.5) is 0 Å². The van der Waals surface area contributed by atoms with Gasteiger partial charge in [0.25, 0.3) is 5.91 Å². The van der Waals surface area contributed by atoms with E-state index in [9.17, 15) is 4.79 Å². The molecule has 5 heteroatoms. The highest BCUT2D eigenvalue weighted by Gasteiger charge is 2.33. The van der Waals surface area contributed by atoms with Gasteiger partial charge in [0.2, 0.25) is 0 Å². The summed E-state index contributed by atoms with van der Waals surface area (Å²) in [5.74, 6) is 0.974. The lowest BCUT2D eigenvalue weighted by Crippen LogP contribution is -2.31. The van der Waals surface area contributed by atoms with E-state index in [2.05, 4.69) is 4.98 Å². The topological polar surface area (TPSA) is 53.9 Å². The minimum absolute atomic E-state index is 0.00821. The van der Waals surface area contributed by atoms with Crippen LogP contribution < -0.4 is 0 Å². The van der Waals surface area contributed by atoms with E-state index in [0.29, 0.717) is 0 Å². The number of nitrogens with one attached hydrogen (secondary N) is 1. The van der Waals surface area contributed by atoms with Gasteiger partial charge in [-0.2, -0.15) is 0 Å². The lowest BCUT2D eigenvalue weighted by atomic mass is 10.1. The van der Waals surface area contributed by atoms with Crippen LogP contribution in [0, 0.1) is 0 Å². The first kappa shape index (κ1) is 15.2. The highest BCUT2D eigenvalue weighted by molar-refractivity contribution is 6.07. The Labute approximate surface area is 151 Å². The average Bonchev–Trinajstić information content (AvgIpc) is 3.38. The van der Waals surface area contributed by atoms with Crippen molar-refractivity contribution in [1.82, 2.24) is 19.4 Å². The summed E-state index contributed by atoms with van der Waals surface area (Å²) < 4.78 is 2.02. The molecule has 0 unspecified atom stereocenters. The van der Waals surface area contributed by atoms with Crippen molar-refractivity contribution in [2.45, 2.75) is 18.9 Å². The Kier molecular flexibility index (Phi) is 3.35. The predicted octanol–water partition coefficient (Wildman–Crippen LogP) is 4.03. The Bertz CT molecular complexity index is 1090. The van der Waals surface area contributed by atoms with Crippen molar-refractivity contribution in [2.75, 3.05) is 6.54 Å². The van der Waals surface area contributed by atoms with E-state index in [4.69, 9.17) is 4.98 Å². The molecule has 0 spiro atoms. The van der Waals surface area contributed by atoms with Gasteiger partial charge < -0.3 is 14.5 Å². The number of amides is 1. The zero-order chi connectivity index (χ0) is 17.7. The number of carbonyl (C=O) groups excluding carboxylic acids is 1. The number of para-hydroxylation sites is 3. The lowest BCUT2D eigenvalue weighted by Gasteiger charge is -2.23.